The lowest BCUT2D eigenvalue weighted by Gasteiger charge is -2.03. The Hall–Kier alpha value is -1.64. The number of amides is 1. The Morgan fingerprint density at radius 2 is 1.83 bits per heavy atom. The van der Waals surface area contributed by atoms with Crippen molar-refractivity contribution < 1.29 is 9.18 Å². The van der Waals surface area contributed by atoms with Gasteiger partial charge in [-0.2, -0.15) is 0 Å². The zero-order valence-electron chi connectivity index (χ0n) is 10.6. The molecule has 2 nitrogen and oxygen atoms in total. The predicted molar refractivity (Wildman–Crippen MR) is 71.8 cm³/mol. The van der Waals surface area contributed by atoms with E-state index in [2.05, 4.69) is 11.9 Å². The fourth-order valence-corrected chi connectivity index (χ4v) is 1.74. The van der Waals surface area contributed by atoms with Crippen molar-refractivity contribution in [1.82, 2.24) is 5.32 Å². The molecule has 0 spiro atoms. The van der Waals surface area contributed by atoms with Gasteiger partial charge in [-0.25, -0.2) is 4.39 Å². The number of aryl methyl sites for hydroxylation is 1. The first-order valence-electron chi connectivity index (χ1n) is 6.37. The van der Waals surface area contributed by atoms with E-state index in [4.69, 9.17) is 0 Å². The van der Waals surface area contributed by atoms with Gasteiger partial charge >= 0.3 is 0 Å². The van der Waals surface area contributed by atoms with E-state index in [1.807, 2.05) is 12.1 Å². The van der Waals surface area contributed by atoms with Crippen LogP contribution < -0.4 is 5.32 Å². The molecule has 1 aromatic carbocycles. The summed E-state index contributed by atoms with van der Waals surface area (Å²) >= 11 is 0. The van der Waals surface area contributed by atoms with E-state index in [0.29, 0.717) is 6.54 Å². The Morgan fingerprint density at radius 1 is 1.17 bits per heavy atom. The van der Waals surface area contributed by atoms with Crippen LogP contribution in [0.4, 0.5) is 4.39 Å². The van der Waals surface area contributed by atoms with Gasteiger partial charge in [0.25, 0.3) is 0 Å². The van der Waals surface area contributed by atoms with Crippen molar-refractivity contribution in [2.75, 3.05) is 6.54 Å². The second kappa shape index (κ2) is 8.45. The molecule has 0 saturated carbocycles. The van der Waals surface area contributed by atoms with E-state index >= 15 is 0 Å². The van der Waals surface area contributed by atoms with Crippen LogP contribution in [0.1, 0.15) is 31.2 Å². The van der Waals surface area contributed by atoms with Gasteiger partial charge in [-0.15, -0.1) is 0 Å². The zero-order valence-corrected chi connectivity index (χ0v) is 10.6. The summed E-state index contributed by atoms with van der Waals surface area (Å²) < 4.78 is 12.7. The number of unbranched alkanes of at least 4 members (excludes halogenated alkanes) is 3. The highest BCUT2D eigenvalue weighted by Gasteiger charge is 1.96. The van der Waals surface area contributed by atoms with Crippen LogP contribution in [0, 0.1) is 5.82 Å². The molecule has 1 amide bonds. The summed E-state index contributed by atoms with van der Waals surface area (Å²) in [6.45, 7) is 4.10. The number of nitrogens with one attached hydrogen (secondary N) is 1. The van der Waals surface area contributed by atoms with E-state index in [0.717, 1.165) is 32.1 Å². The molecule has 1 N–H and O–H groups in total. The predicted octanol–water partition coefficient (Wildman–Crippen LogP) is 3.23. The maximum atomic E-state index is 12.7. The third-order valence-electron chi connectivity index (χ3n) is 2.79. The Bertz CT molecular complexity index is 373. The fraction of sp³-hybridized carbons (Fsp3) is 0.400. The van der Waals surface area contributed by atoms with Crippen molar-refractivity contribution in [3.8, 4) is 0 Å². The zero-order chi connectivity index (χ0) is 13.2. The summed E-state index contributed by atoms with van der Waals surface area (Å²) in [4.78, 5) is 10.9. The first kappa shape index (κ1) is 14.4. The Labute approximate surface area is 108 Å². The first-order chi connectivity index (χ1) is 8.72. The molecule has 0 atom stereocenters. The summed E-state index contributed by atoms with van der Waals surface area (Å²) in [6.07, 6.45) is 6.58. The van der Waals surface area contributed by atoms with Gasteiger partial charge < -0.3 is 5.32 Å². The number of hydrogen-bond acceptors (Lipinski definition) is 1. The molecule has 0 unspecified atom stereocenters. The minimum absolute atomic E-state index is 0.110. The smallest absolute Gasteiger partial charge is 0.243 e. The summed E-state index contributed by atoms with van der Waals surface area (Å²) in [5, 5.41) is 2.75. The van der Waals surface area contributed by atoms with E-state index in [9.17, 15) is 9.18 Å². The number of carbonyl (C=O) groups excluding carboxylic acids is 1. The van der Waals surface area contributed by atoms with Gasteiger partial charge in [0.1, 0.15) is 5.82 Å². The summed E-state index contributed by atoms with van der Waals surface area (Å²) in [7, 11) is 0. The Morgan fingerprint density at radius 3 is 2.50 bits per heavy atom. The molecule has 1 rings (SSSR count). The number of halogens is 1. The highest BCUT2D eigenvalue weighted by atomic mass is 19.1. The van der Waals surface area contributed by atoms with Crippen LogP contribution in [-0.4, -0.2) is 12.5 Å². The molecule has 3 heteroatoms. The second-order valence-corrected chi connectivity index (χ2v) is 4.29. The van der Waals surface area contributed by atoms with E-state index in [1.54, 1.807) is 0 Å². The SMILES string of the molecule is C=CC(=O)NCCCCCCc1ccc(F)cc1. The van der Waals surface area contributed by atoms with Crippen LogP contribution in [0.3, 0.4) is 0 Å². The maximum Gasteiger partial charge on any atom is 0.243 e. The van der Waals surface area contributed by atoms with Crippen LogP contribution in [0.25, 0.3) is 0 Å². The van der Waals surface area contributed by atoms with E-state index in [1.165, 1.54) is 23.8 Å². The van der Waals surface area contributed by atoms with Crippen molar-refractivity contribution in [3.05, 3.63) is 48.3 Å². The van der Waals surface area contributed by atoms with Crippen LogP contribution in [0.2, 0.25) is 0 Å². The van der Waals surface area contributed by atoms with Gasteiger partial charge in [-0.1, -0.05) is 31.6 Å². The van der Waals surface area contributed by atoms with E-state index in [-0.39, 0.29) is 11.7 Å². The molecule has 18 heavy (non-hydrogen) atoms. The average molecular weight is 249 g/mol. The van der Waals surface area contributed by atoms with Crippen LogP contribution in [-0.2, 0) is 11.2 Å². The molecule has 0 radical (unpaired) electrons. The molecule has 0 saturated heterocycles. The average Bonchev–Trinajstić information content (AvgIpc) is 2.39. The summed E-state index contributed by atoms with van der Waals surface area (Å²) in [5.74, 6) is -0.293. The maximum absolute atomic E-state index is 12.7. The summed E-state index contributed by atoms with van der Waals surface area (Å²) in [6, 6.07) is 6.67. The van der Waals surface area contributed by atoms with Gasteiger partial charge in [0.05, 0.1) is 0 Å². The highest BCUT2D eigenvalue weighted by molar-refractivity contribution is 5.86. The van der Waals surface area contributed by atoms with Gasteiger partial charge in [-0.3, -0.25) is 4.79 Å². The van der Waals surface area contributed by atoms with Crippen molar-refractivity contribution >= 4 is 5.91 Å². The number of rotatable bonds is 8. The number of hydrogen-bond donors (Lipinski definition) is 1. The molecule has 0 aromatic heterocycles. The van der Waals surface area contributed by atoms with Gasteiger partial charge in [0, 0.05) is 6.54 Å². The fourth-order valence-electron chi connectivity index (χ4n) is 1.74. The quantitative estimate of drug-likeness (QED) is 0.556. The van der Waals surface area contributed by atoms with Crippen molar-refractivity contribution in [3.63, 3.8) is 0 Å². The third-order valence-corrected chi connectivity index (χ3v) is 2.79. The highest BCUT2D eigenvalue weighted by Crippen LogP contribution is 2.08. The van der Waals surface area contributed by atoms with Crippen LogP contribution in [0.15, 0.2) is 36.9 Å². The minimum atomic E-state index is -0.184. The normalized spacial score (nSPS) is 10.1. The molecule has 0 bridgehead atoms. The largest absolute Gasteiger partial charge is 0.353 e. The van der Waals surface area contributed by atoms with Gasteiger partial charge in [0.15, 0.2) is 0 Å². The van der Waals surface area contributed by atoms with Crippen LogP contribution in [0.5, 0.6) is 0 Å². The van der Waals surface area contributed by atoms with Gasteiger partial charge in [-0.05, 0) is 43.0 Å². The lowest BCUT2D eigenvalue weighted by Crippen LogP contribution is -2.21. The molecular weight excluding hydrogens is 229 g/mol. The van der Waals surface area contributed by atoms with Crippen LogP contribution >= 0.6 is 0 Å². The molecule has 98 valence electrons. The molecule has 0 fully saturated rings. The lowest BCUT2D eigenvalue weighted by atomic mass is 10.1. The number of benzene rings is 1. The van der Waals surface area contributed by atoms with E-state index < -0.39 is 0 Å². The topological polar surface area (TPSA) is 29.1 Å². The van der Waals surface area contributed by atoms with Crippen molar-refractivity contribution in [1.29, 1.82) is 0 Å². The number of carbonyl (C=O) groups is 1. The molecule has 0 aliphatic heterocycles. The molecule has 1 aromatic rings. The first-order valence-corrected chi connectivity index (χ1v) is 6.37. The second-order valence-electron chi connectivity index (χ2n) is 4.29. The lowest BCUT2D eigenvalue weighted by molar-refractivity contribution is -0.116. The molecule has 0 aliphatic carbocycles. The van der Waals surface area contributed by atoms with Crippen molar-refractivity contribution in [2.24, 2.45) is 0 Å². The Balaban J connectivity index is 2.00. The minimum Gasteiger partial charge on any atom is -0.353 e. The molecule has 0 heterocycles. The summed E-state index contributed by atoms with van der Waals surface area (Å²) in [5.41, 5.74) is 1.18. The third kappa shape index (κ3) is 6.18. The standard InChI is InChI=1S/C15H20FNO/c1-2-15(18)17-12-6-4-3-5-7-13-8-10-14(16)11-9-13/h2,8-11H,1,3-7,12H2,(H,17,18). The monoisotopic (exact) mass is 249 g/mol. The molecular formula is C15H20FNO. The molecule has 0 aliphatic rings. The van der Waals surface area contributed by atoms with Crippen molar-refractivity contribution in [2.45, 2.75) is 32.1 Å². The Kier molecular flexibility index (Phi) is 6.77. The van der Waals surface area contributed by atoms with Gasteiger partial charge in [0.2, 0.25) is 5.91 Å².